The van der Waals surface area contributed by atoms with Crippen LogP contribution in [0.5, 0.6) is 11.5 Å². The zero-order valence-electron chi connectivity index (χ0n) is 19.1. The van der Waals surface area contributed by atoms with Crippen LogP contribution in [0.3, 0.4) is 0 Å². The fourth-order valence-electron chi connectivity index (χ4n) is 3.59. The van der Waals surface area contributed by atoms with E-state index in [2.05, 4.69) is 13.0 Å². The van der Waals surface area contributed by atoms with Crippen molar-refractivity contribution in [1.29, 1.82) is 0 Å². The van der Waals surface area contributed by atoms with E-state index < -0.39 is 10.1 Å². The first kappa shape index (κ1) is 28.8. The van der Waals surface area contributed by atoms with E-state index in [1.165, 1.54) is 88.0 Å². The van der Waals surface area contributed by atoms with Gasteiger partial charge in [0.25, 0.3) is 0 Å². The molecule has 0 heterocycles. The Labute approximate surface area is 231 Å². The Balaban J connectivity index is 0.00000480. The smallest absolute Gasteiger partial charge is 0.744 e. The topological polar surface area (TPSA) is 66.4 Å². The van der Waals surface area contributed by atoms with Gasteiger partial charge in [0.15, 0.2) is 0 Å². The van der Waals surface area contributed by atoms with Crippen LogP contribution in [0.1, 0.15) is 83.1 Å². The van der Waals surface area contributed by atoms with Crippen molar-refractivity contribution in [1.82, 2.24) is 0 Å². The molecular weight excluding hydrogens is 435 g/mol. The van der Waals surface area contributed by atoms with Gasteiger partial charge in [0, 0.05) is 0 Å². The molecule has 0 N–H and O–H groups in total. The average Bonchev–Trinajstić information content (AvgIpc) is 2.72. The number of rotatable bonds is 15. The number of ether oxygens (including phenoxy) is 1. The monoisotopic (exact) mass is 470 g/mol. The Morgan fingerprint density at radius 1 is 0.742 bits per heavy atom. The van der Waals surface area contributed by atoms with Crippen molar-refractivity contribution >= 4 is 10.1 Å². The van der Waals surface area contributed by atoms with Gasteiger partial charge in [-0.1, -0.05) is 89.3 Å². The minimum Gasteiger partial charge on any atom is -0.744 e. The van der Waals surface area contributed by atoms with Crippen LogP contribution in [-0.4, -0.2) is 13.0 Å². The summed E-state index contributed by atoms with van der Waals surface area (Å²) in [6.45, 7) is 2.26. The normalized spacial score (nSPS) is 11.2. The second-order valence-corrected chi connectivity index (χ2v) is 9.34. The van der Waals surface area contributed by atoms with Crippen LogP contribution in [-0.2, 0) is 16.5 Å². The van der Waals surface area contributed by atoms with Crippen LogP contribution in [0.25, 0.3) is 0 Å². The van der Waals surface area contributed by atoms with Gasteiger partial charge >= 0.3 is 51.4 Å². The van der Waals surface area contributed by atoms with E-state index in [0.717, 1.165) is 12.8 Å². The number of hydrogen-bond acceptors (Lipinski definition) is 4. The van der Waals surface area contributed by atoms with Crippen molar-refractivity contribution < 1.29 is 69.1 Å². The molecule has 31 heavy (non-hydrogen) atoms. The molecule has 0 aliphatic heterocycles. The minimum atomic E-state index is -4.48. The summed E-state index contributed by atoms with van der Waals surface area (Å²) in [4.78, 5) is -0.280. The molecule has 0 radical (unpaired) electrons. The fourth-order valence-corrected chi connectivity index (χ4v) is 4.09. The summed E-state index contributed by atoms with van der Waals surface area (Å²) < 4.78 is 39.2. The maximum atomic E-state index is 11.2. The van der Waals surface area contributed by atoms with Gasteiger partial charge in [-0.05, 0) is 48.7 Å². The van der Waals surface area contributed by atoms with Crippen molar-refractivity contribution in [3.05, 3.63) is 54.1 Å². The number of aryl methyl sites for hydroxylation is 1. The van der Waals surface area contributed by atoms with E-state index in [9.17, 15) is 13.0 Å². The van der Waals surface area contributed by atoms with Crippen LogP contribution in [0.4, 0.5) is 0 Å². The van der Waals surface area contributed by atoms with Crippen molar-refractivity contribution in [3.8, 4) is 11.5 Å². The Morgan fingerprint density at radius 3 is 1.84 bits per heavy atom. The molecule has 0 aliphatic rings. The van der Waals surface area contributed by atoms with Gasteiger partial charge in [-0.15, -0.1) is 0 Å². The van der Waals surface area contributed by atoms with Crippen molar-refractivity contribution in [2.24, 2.45) is 0 Å². The molecule has 0 spiro atoms. The molecule has 0 saturated carbocycles. The average molecular weight is 471 g/mol. The third-order valence-electron chi connectivity index (χ3n) is 5.30. The predicted octanol–water partition coefficient (Wildman–Crippen LogP) is 4.24. The van der Waals surface area contributed by atoms with Gasteiger partial charge < -0.3 is 9.29 Å². The molecule has 0 atom stereocenters. The number of benzene rings is 2. The molecule has 0 unspecified atom stereocenters. The van der Waals surface area contributed by atoms with Gasteiger partial charge in [0.2, 0.25) is 0 Å². The van der Waals surface area contributed by atoms with Gasteiger partial charge in [-0.3, -0.25) is 0 Å². The Kier molecular flexibility index (Phi) is 15.3. The van der Waals surface area contributed by atoms with Crippen molar-refractivity contribution in [3.63, 3.8) is 0 Å². The molecule has 0 fully saturated rings. The molecule has 6 heteroatoms. The number of unbranched alkanes of at least 4 members (excludes halogenated alkanes) is 10. The van der Waals surface area contributed by atoms with Crippen molar-refractivity contribution in [2.75, 3.05) is 0 Å². The largest absolute Gasteiger partial charge is 1.00 e. The maximum absolute atomic E-state index is 11.2. The quantitative estimate of drug-likeness (QED) is 0.222. The second-order valence-electron chi connectivity index (χ2n) is 7.96. The van der Waals surface area contributed by atoms with E-state index in [1.54, 1.807) is 6.07 Å². The molecule has 166 valence electrons. The SMILES string of the molecule is CCCCCCCCCCCCCc1cccc(Oc2cccc(S(=O)(=O)[O-])c2)c1.[K+]. The first-order valence-corrected chi connectivity index (χ1v) is 12.7. The van der Waals surface area contributed by atoms with Crippen LogP contribution in [0.15, 0.2) is 53.4 Å². The van der Waals surface area contributed by atoms with Crippen LogP contribution in [0.2, 0.25) is 0 Å². The zero-order chi connectivity index (χ0) is 21.7. The standard InChI is InChI=1S/C25H36O4S.K/c1-2-3-4-5-6-7-8-9-10-11-12-15-22-16-13-17-23(20-22)29-24-18-14-19-25(21-24)30(26,27)28;/h13-14,16-21H,2-12,15H2,1H3,(H,26,27,28);/q;+1/p-1. The predicted molar refractivity (Wildman–Crippen MR) is 121 cm³/mol. The van der Waals surface area contributed by atoms with Gasteiger partial charge in [0.1, 0.15) is 21.6 Å². The molecular formula is C25H35KO4S. The Bertz CT molecular complexity index is 852. The maximum Gasteiger partial charge on any atom is 1.00 e. The van der Waals surface area contributed by atoms with Crippen LogP contribution < -0.4 is 56.1 Å². The third kappa shape index (κ3) is 12.6. The summed E-state index contributed by atoms with van der Waals surface area (Å²) in [5.41, 5.74) is 1.20. The Morgan fingerprint density at radius 2 is 1.26 bits per heavy atom. The van der Waals surface area contributed by atoms with E-state index in [4.69, 9.17) is 4.74 Å². The molecule has 2 aromatic rings. The summed E-state index contributed by atoms with van der Waals surface area (Å²) in [5.74, 6) is 0.995. The van der Waals surface area contributed by atoms with Crippen molar-refractivity contribution in [2.45, 2.75) is 88.9 Å². The van der Waals surface area contributed by atoms with E-state index in [-0.39, 0.29) is 56.3 Å². The molecule has 0 saturated heterocycles. The zero-order valence-corrected chi connectivity index (χ0v) is 23.1. The molecule has 0 aromatic heterocycles. The van der Waals surface area contributed by atoms with E-state index in [0.29, 0.717) is 11.5 Å². The number of hydrogen-bond donors (Lipinski definition) is 0. The fraction of sp³-hybridized carbons (Fsp3) is 0.520. The molecule has 2 rings (SSSR count). The third-order valence-corrected chi connectivity index (χ3v) is 6.13. The minimum absolute atomic E-state index is 0. The molecule has 0 amide bonds. The van der Waals surface area contributed by atoms with Crippen LogP contribution in [0, 0.1) is 0 Å². The Hall–Kier alpha value is -0.214. The molecule has 0 bridgehead atoms. The first-order valence-electron chi connectivity index (χ1n) is 11.3. The summed E-state index contributed by atoms with van der Waals surface area (Å²) in [7, 11) is -4.48. The summed E-state index contributed by atoms with van der Waals surface area (Å²) in [6.07, 6.45) is 15.6. The second kappa shape index (κ2) is 16.4. The summed E-state index contributed by atoms with van der Waals surface area (Å²) in [5, 5.41) is 0. The first-order chi connectivity index (χ1) is 14.5. The van der Waals surface area contributed by atoms with E-state index in [1.807, 2.05) is 18.2 Å². The molecule has 2 aromatic carbocycles. The van der Waals surface area contributed by atoms with Gasteiger partial charge in [0.05, 0.1) is 4.90 Å². The summed E-state index contributed by atoms with van der Waals surface area (Å²) in [6, 6.07) is 13.5. The molecule has 4 nitrogen and oxygen atoms in total. The van der Waals surface area contributed by atoms with Crippen LogP contribution >= 0.6 is 0 Å². The van der Waals surface area contributed by atoms with Gasteiger partial charge in [-0.25, -0.2) is 8.42 Å². The van der Waals surface area contributed by atoms with E-state index >= 15 is 0 Å². The van der Waals surface area contributed by atoms with Gasteiger partial charge in [-0.2, -0.15) is 0 Å². The summed E-state index contributed by atoms with van der Waals surface area (Å²) >= 11 is 0. The molecule has 0 aliphatic carbocycles.